The molecule has 0 saturated carbocycles. The van der Waals surface area contributed by atoms with E-state index >= 15 is 0 Å². The molecule has 0 amide bonds. The zero-order valence-electron chi connectivity index (χ0n) is 8.86. The second-order valence-corrected chi connectivity index (χ2v) is 4.50. The van der Waals surface area contributed by atoms with E-state index in [9.17, 15) is 0 Å². The highest BCUT2D eigenvalue weighted by Crippen LogP contribution is 2.28. The number of halogens is 3. The van der Waals surface area contributed by atoms with Gasteiger partial charge in [0.2, 0.25) is 0 Å². The van der Waals surface area contributed by atoms with Crippen LogP contribution >= 0.6 is 34.8 Å². The molecular weight excluding hydrogens is 286 g/mol. The lowest BCUT2D eigenvalue weighted by Crippen LogP contribution is -2.26. The van der Waals surface area contributed by atoms with Crippen LogP contribution in [0.4, 0.5) is 0 Å². The van der Waals surface area contributed by atoms with Gasteiger partial charge in [-0.2, -0.15) is 4.99 Å². The Balaban J connectivity index is 2.12. The van der Waals surface area contributed by atoms with Crippen molar-refractivity contribution in [1.29, 1.82) is 0 Å². The topological polar surface area (TPSA) is 34.1 Å². The highest BCUT2D eigenvalue weighted by molar-refractivity contribution is 6.35. The number of alkyl halides is 1. The third-order valence-corrected chi connectivity index (χ3v) is 2.93. The van der Waals surface area contributed by atoms with Gasteiger partial charge in [0.05, 0.1) is 10.9 Å². The number of ether oxygens (including phenoxy) is 1. The molecule has 0 aliphatic carbocycles. The second kappa shape index (κ2) is 5.31. The molecule has 4 nitrogen and oxygen atoms in total. The summed E-state index contributed by atoms with van der Waals surface area (Å²) in [5.74, 6) is 0.746. The van der Waals surface area contributed by atoms with E-state index in [4.69, 9.17) is 44.4 Å². The Morgan fingerprint density at radius 3 is 2.82 bits per heavy atom. The molecule has 17 heavy (non-hydrogen) atoms. The summed E-state index contributed by atoms with van der Waals surface area (Å²) < 4.78 is 5.40. The van der Waals surface area contributed by atoms with E-state index in [1.807, 2.05) is 0 Å². The quantitative estimate of drug-likeness (QED) is 0.786. The van der Waals surface area contributed by atoms with Crippen LogP contribution in [0, 0.1) is 0 Å². The van der Waals surface area contributed by atoms with Gasteiger partial charge in [0, 0.05) is 12.1 Å². The summed E-state index contributed by atoms with van der Waals surface area (Å²) in [7, 11) is 1.72. The predicted octanol–water partition coefficient (Wildman–Crippen LogP) is 3.17. The van der Waals surface area contributed by atoms with Crippen LogP contribution < -0.4 is 4.74 Å². The molecule has 1 aromatic rings. The van der Waals surface area contributed by atoms with Crippen LogP contribution in [0.25, 0.3) is 0 Å². The summed E-state index contributed by atoms with van der Waals surface area (Å²) in [6.45, 7) is 0. The van der Waals surface area contributed by atoms with E-state index in [-0.39, 0.29) is 12.2 Å². The van der Waals surface area contributed by atoms with Gasteiger partial charge in [-0.05, 0) is 18.2 Å². The average molecular weight is 296 g/mol. The summed E-state index contributed by atoms with van der Waals surface area (Å²) in [6, 6.07) is 4.89. The lowest BCUT2D eigenvalue weighted by Gasteiger charge is -2.12. The second-order valence-electron chi connectivity index (χ2n) is 3.34. The Morgan fingerprint density at radius 2 is 2.24 bits per heavy atom. The van der Waals surface area contributed by atoms with Gasteiger partial charge in [-0.3, -0.25) is 0 Å². The molecule has 0 saturated heterocycles. The Morgan fingerprint density at radius 1 is 1.47 bits per heavy atom. The third-order valence-electron chi connectivity index (χ3n) is 2.13. The molecule has 1 atom stereocenters. The summed E-state index contributed by atoms with van der Waals surface area (Å²) in [5, 5.41) is 2.43. The van der Waals surface area contributed by atoms with Crippen LogP contribution in [0.1, 0.15) is 0 Å². The van der Waals surface area contributed by atoms with Crippen LogP contribution in [-0.2, 0) is 4.84 Å². The lowest BCUT2D eigenvalue weighted by atomic mass is 10.3. The number of hydrogen-bond donors (Lipinski definition) is 0. The Hall–Kier alpha value is -0.680. The molecule has 7 heteroatoms. The van der Waals surface area contributed by atoms with Crippen molar-refractivity contribution >= 4 is 40.9 Å². The van der Waals surface area contributed by atoms with Gasteiger partial charge in [-0.25, -0.2) is 0 Å². The molecule has 0 aromatic heterocycles. The number of hydroxylamine groups is 2. The van der Waals surface area contributed by atoms with Gasteiger partial charge in [-0.15, -0.1) is 16.7 Å². The maximum atomic E-state index is 5.95. The van der Waals surface area contributed by atoms with Crippen LogP contribution in [0.3, 0.4) is 0 Å². The van der Waals surface area contributed by atoms with Gasteiger partial charge in [-0.1, -0.05) is 23.2 Å². The Kier molecular flexibility index (Phi) is 3.99. The molecule has 0 spiro atoms. The van der Waals surface area contributed by atoms with Crippen LogP contribution in [-0.4, -0.2) is 30.2 Å². The van der Waals surface area contributed by atoms with Gasteiger partial charge in [0.1, 0.15) is 0 Å². The fraction of sp³-hybridized carbons (Fsp3) is 0.300. The molecule has 1 aliphatic heterocycles. The molecule has 0 bridgehead atoms. The summed E-state index contributed by atoms with van der Waals surface area (Å²) >= 11 is 17.4. The van der Waals surface area contributed by atoms with Crippen molar-refractivity contribution < 1.29 is 9.57 Å². The van der Waals surface area contributed by atoms with Crippen molar-refractivity contribution in [3.05, 3.63) is 28.2 Å². The minimum absolute atomic E-state index is 0.113. The average Bonchev–Trinajstić information content (AvgIpc) is 2.63. The first-order valence-corrected chi connectivity index (χ1v) is 6.06. The summed E-state index contributed by atoms with van der Waals surface area (Å²) in [6.07, 6.45) is -0.139. The fourth-order valence-electron chi connectivity index (χ4n) is 1.24. The molecule has 0 N–H and O–H groups in total. The molecule has 2 rings (SSSR count). The minimum atomic E-state index is -0.252. The maximum absolute atomic E-state index is 5.95. The molecule has 92 valence electrons. The van der Waals surface area contributed by atoms with E-state index in [0.717, 1.165) is 0 Å². The largest absolute Gasteiger partial charge is 0.410 e. The molecular formula is C10H9Cl3N2O2. The molecule has 0 fully saturated rings. The smallest absolute Gasteiger partial charge is 0.409 e. The van der Waals surface area contributed by atoms with Crippen LogP contribution in [0.2, 0.25) is 10.0 Å². The van der Waals surface area contributed by atoms with Crippen molar-refractivity contribution in [3.63, 3.8) is 0 Å². The first kappa shape index (κ1) is 12.8. The fourth-order valence-corrected chi connectivity index (χ4v) is 1.95. The number of rotatable bonds is 2. The van der Waals surface area contributed by atoms with E-state index in [1.54, 1.807) is 25.2 Å². The molecule has 1 aliphatic rings. The first-order chi connectivity index (χ1) is 8.10. The lowest BCUT2D eigenvalue weighted by molar-refractivity contribution is -0.0634. The zero-order chi connectivity index (χ0) is 12.4. The van der Waals surface area contributed by atoms with Crippen LogP contribution in [0.5, 0.6) is 5.75 Å². The monoisotopic (exact) mass is 294 g/mol. The van der Waals surface area contributed by atoms with Crippen molar-refractivity contribution in [2.24, 2.45) is 4.99 Å². The number of benzene rings is 1. The van der Waals surface area contributed by atoms with E-state index in [2.05, 4.69) is 4.99 Å². The Labute approximate surface area is 114 Å². The van der Waals surface area contributed by atoms with Crippen molar-refractivity contribution in [2.45, 2.75) is 6.17 Å². The minimum Gasteiger partial charge on any atom is -0.409 e. The van der Waals surface area contributed by atoms with Crippen molar-refractivity contribution in [1.82, 2.24) is 5.06 Å². The van der Waals surface area contributed by atoms with E-state index in [0.29, 0.717) is 21.7 Å². The maximum Gasteiger partial charge on any atom is 0.410 e. The summed E-state index contributed by atoms with van der Waals surface area (Å²) in [5.41, 5.74) is 0. The Bertz CT molecular complexity index is 453. The van der Waals surface area contributed by atoms with Crippen molar-refractivity contribution in [3.8, 4) is 5.75 Å². The highest BCUT2D eigenvalue weighted by Gasteiger charge is 2.26. The summed E-state index contributed by atoms with van der Waals surface area (Å²) in [4.78, 5) is 9.36. The van der Waals surface area contributed by atoms with Gasteiger partial charge < -0.3 is 9.57 Å². The van der Waals surface area contributed by atoms with Gasteiger partial charge >= 0.3 is 6.08 Å². The number of nitrogens with zero attached hydrogens (tertiary/aromatic N) is 2. The molecule has 0 radical (unpaired) electrons. The SMILES string of the molecule is CN1OC(Oc2ccc(Cl)cc2Cl)=NC1CCl. The molecule has 1 heterocycles. The normalized spacial score (nSPS) is 20.0. The third kappa shape index (κ3) is 2.96. The zero-order valence-corrected chi connectivity index (χ0v) is 11.1. The first-order valence-electron chi connectivity index (χ1n) is 4.77. The highest BCUT2D eigenvalue weighted by atomic mass is 35.5. The van der Waals surface area contributed by atoms with Crippen LogP contribution in [0.15, 0.2) is 23.2 Å². The number of hydrogen-bond acceptors (Lipinski definition) is 4. The number of aliphatic imine (C=N–C) groups is 1. The van der Waals surface area contributed by atoms with E-state index < -0.39 is 0 Å². The van der Waals surface area contributed by atoms with Gasteiger partial charge in [0.15, 0.2) is 11.9 Å². The van der Waals surface area contributed by atoms with Crippen molar-refractivity contribution in [2.75, 3.05) is 12.9 Å². The van der Waals surface area contributed by atoms with Gasteiger partial charge in [0.25, 0.3) is 0 Å². The standard InChI is InChI=1S/C10H9Cl3N2O2/c1-15-9(5-11)14-10(17-15)16-8-3-2-6(12)4-7(8)13/h2-4,9H,5H2,1H3. The van der Waals surface area contributed by atoms with E-state index in [1.165, 1.54) is 5.06 Å². The molecule has 1 aromatic carbocycles. The predicted molar refractivity (Wildman–Crippen MR) is 67.9 cm³/mol. The molecule has 1 unspecified atom stereocenters.